The van der Waals surface area contributed by atoms with Crippen molar-refractivity contribution >= 4 is 23.4 Å². The highest BCUT2D eigenvalue weighted by molar-refractivity contribution is 7.99. The number of aromatic nitrogens is 7. The molecule has 0 aliphatic heterocycles. The van der Waals surface area contributed by atoms with Crippen LogP contribution < -0.4 is 10.1 Å². The molecule has 10 nitrogen and oxygen atoms in total. The number of carbonyl (C=O) groups excluding carboxylic acids is 1. The topological polar surface area (TPSA) is 113 Å². The molecule has 1 N–H and O–H groups in total. The van der Waals surface area contributed by atoms with Crippen molar-refractivity contribution in [2.24, 2.45) is 7.05 Å². The van der Waals surface area contributed by atoms with Crippen LogP contribution in [0.3, 0.4) is 0 Å². The normalized spacial score (nSPS) is 11.4. The van der Waals surface area contributed by atoms with Crippen LogP contribution in [0, 0.1) is 0 Å². The van der Waals surface area contributed by atoms with Crippen molar-refractivity contribution in [1.82, 2.24) is 34.7 Å². The van der Waals surface area contributed by atoms with E-state index in [2.05, 4.69) is 30.8 Å². The van der Waals surface area contributed by atoms with Gasteiger partial charge in [0.15, 0.2) is 16.7 Å². The van der Waals surface area contributed by atoms with E-state index in [1.807, 2.05) is 0 Å². The number of benzene rings is 1. The minimum absolute atomic E-state index is 0.123. The summed E-state index contributed by atoms with van der Waals surface area (Å²) >= 11 is 1.35. The van der Waals surface area contributed by atoms with Crippen molar-refractivity contribution in [2.45, 2.75) is 16.2 Å². The molecule has 1 aromatic carbocycles. The summed E-state index contributed by atoms with van der Waals surface area (Å²) in [7, 11) is 3.15. The lowest BCUT2D eigenvalue weighted by molar-refractivity contribution is -0.143. The number of ether oxygens (including phenoxy) is 1. The molecule has 0 saturated heterocycles. The number of nitrogens with zero attached hydrogens (tertiary/aromatic N) is 7. The van der Waals surface area contributed by atoms with Crippen LogP contribution in [0.1, 0.15) is 16.1 Å². The minimum Gasteiger partial charge on any atom is -0.480 e. The van der Waals surface area contributed by atoms with E-state index in [4.69, 9.17) is 4.74 Å². The molecule has 0 atom stereocenters. The minimum atomic E-state index is -4.87. The van der Waals surface area contributed by atoms with Gasteiger partial charge >= 0.3 is 6.18 Å². The molecule has 3 heterocycles. The second-order valence-electron chi connectivity index (χ2n) is 6.56. The van der Waals surface area contributed by atoms with Crippen LogP contribution >= 0.6 is 11.8 Å². The van der Waals surface area contributed by atoms with Gasteiger partial charge in [-0.15, -0.1) is 20.4 Å². The molecule has 0 unspecified atom stereocenters. The molecule has 0 spiro atoms. The maximum atomic E-state index is 13.8. The fraction of sp³-hybridized carbons (Fsp3) is 0.158. The number of alkyl halides is 3. The summed E-state index contributed by atoms with van der Waals surface area (Å²) in [5.41, 5.74) is -1.61. The van der Waals surface area contributed by atoms with Gasteiger partial charge in [0.2, 0.25) is 5.88 Å². The Labute approximate surface area is 188 Å². The zero-order chi connectivity index (χ0) is 23.6. The Balaban J connectivity index is 1.56. The highest BCUT2D eigenvalue weighted by Crippen LogP contribution is 2.34. The van der Waals surface area contributed by atoms with Crippen molar-refractivity contribution in [3.8, 4) is 11.7 Å². The number of hydrogen-bond donors (Lipinski definition) is 1. The Morgan fingerprint density at radius 3 is 2.42 bits per heavy atom. The molecular formula is C19H15F3N8O2S. The van der Waals surface area contributed by atoms with Crippen LogP contribution in [-0.4, -0.2) is 47.8 Å². The first kappa shape index (κ1) is 22.3. The fourth-order valence-corrected chi connectivity index (χ4v) is 3.53. The standard InChI is InChI=1S/C19H15F3N8O2S/c1-29-10-23-28-18(29)33-12-5-3-11(4-6-12)25-17(31)13-9-24-30(16(13)19(20,21)22)14-7-8-15(32-2)27-26-14/h3-10H,1-2H3,(H,25,31). The van der Waals surface area contributed by atoms with E-state index in [1.54, 1.807) is 42.2 Å². The lowest BCUT2D eigenvalue weighted by Crippen LogP contribution is -2.21. The third-order valence-electron chi connectivity index (χ3n) is 4.33. The smallest absolute Gasteiger partial charge is 0.434 e. The molecule has 1 amide bonds. The molecule has 170 valence electrons. The number of amides is 1. The molecule has 0 bridgehead atoms. The molecule has 0 saturated carbocycles. The number of anilines is 1. The Morgan fingerprint density at radius 1 is 1.09 bits per heavy atom. The maximum absolute atomic E-state index is 13.8. The van der Waals surface area contributed by atoms with E-state index in [9.17, 15) is 18.0 Å². The Hall–Kier alpha value is -3.94. The van der Waals surface area contributed by atoms with Crippen LogP contribution in [0.5, 0.6) is 5.88 Å². The first-order valence-electron chi connectivity index (χ1n) is 9.23. The largest absolute Gasteiger partial charge is 0.480 e. The summed E-state index contributed by atoms with van der Waals surface area (Å²) < 4.78 is 48.5. The number of rotatable bonds is 6. The third kappa shape index (κ3) is 4.79. The lowest BCUT2D eigenvalue weighted by Gasteiger charge is -2.12. The van der Waals surface area contributed by atoms with Crippen LogP contribution in [0.4, 0.5) is 18.9 Å². The van der Waals surface area contributed by atoms with Gasteiger partial charge in [-0.25, -0.2) is 4.68 Å². The monoisotopic (exact) mass is 476 g/mol. The van der Waals surface area contributed by atoms with Crippen LogP contribution in [-0.2, 0) is 13.2 Å². The van der Waals surface area contributed by atoms with E-state index in [0.717, 1.165) is 11.1 Å². The van der Waals surface area contributed by atoms with Gasteiger partial charge in [-0.2, -0.15) is 18.3 Å². The summed E-state index contributed by atoms with van der Waals surface area (Å²) in [6.45, 7) is 0. The number of carbonyl (C=O) groups is 1. The van der Waals surface area contributed by atoms with Crippen molar-refractivity contribution in [2.75, 3.05) is 12.4 Å². The molecule has 0 fully saturated rings. The first-order chi connectivity index (χ1) is 15.8. The van der Waals surface area contributed by atoms with E-state index in [1.165, 1.54) is 31.0 Å². The second kappa shape index (κ2) is 8.90. The van der Waals surface area contributed by atoms with E-state index >= 15 is 0 Å². The quantitative estimate of drug-likeness (QED) is 0.451. The molecule has 0 aliphatic carbocycles. The summed E-state index contributed by atoms with van der Waals surface area (Å²) in [6, 6.07) is 9.15. The van der Waals surface area contributed by atoms with Crippen molar-refractivity contribution in [1.29, 1.82) is 0 Å². The van der Waals surface area contributed by atoms with Gasteiger partial charge in [-0.3, -0.25) is 4.79 Å². The highest BCUT2D eigenvalue weighted by atomic mass is 32.2. The zero-order valence-corrected chi connectivity index (χ0v) is 17.9. The predicted octanol–water partition coefficient (Wildman–Crippen LogP) is 3.22. The SMILES string of the molecule is COc1ccc(-n2ncc(C(=O)Nc3ccc(Sc4nncn4C)cc3)c2C(F)(F)F)nn1. The predicted molar refractivity (Wildman–Crippen MR) is 110 cm³/mol. The van der Waals surface area contributed by atoms with Gasteiger partial charge in [0.05, 0.1) is 18.9 Å². The third-order valence-corrected chi connectivity index (χ3v) is 5.39. The average molecular weight is 476 g/mol. The molecule has 0 aliphatic rings. The molecule has 3 aromatic heterocycles. The average Bonchev–Trinajstić information content (AvgIpc) is 3.42. The number of methoxy groups -OCH3 is 1. The van der Waals surface area contributed by atoms with Gasteiger partial charge in [0, 0.05) is 23.7 Å². The van der Waals surface area contributed by atoms with Crippen LogP contribution in [0.2, 0.25) is 0 Å². The Morgan fingerprint density at radius 2 is 1.85 bits per heavy atom. The summed E-state index contributed by atoms with van der Waals surface area (Å²) in [5.74, 6) is -1.06. The van der Waals surface area contributed by atoms with E-state index in [-0.39, 0.29) is 11.7 Å². The van der Waals surface area contributed by atoms with Crippen molar-refractivity contribution in [3.05, 3.63) is 60.2 Å². The number of hydrogen-bond acceptors (Lipinski definition) is 8. The van der Waals surface area contributed by atoms with Crippen LogP contribution in [0.15, 0.2) is 59.0 Å². The molecular weight excluding hydrogens is 461 g/mol. The number of halogens is 3. The van der Waals surface area contributed by atoms with E-state index < -0.39 is 23.3 Å². The molecule has 14 heteroatoms. The van der Waals surface area contributed by atoms with E-state index in [0.29, 0.717) is 15.5 Å². The molecule has 4 rings (SSSR count). The fourth-order valence-electron chi connectivity index (χ4n) is 2.77. The van der Waals surface area contributed by atoms with Gasteiger partial charge in [0.1, 0.15) is 6.33 Å². The number of aryl methyl sites for hydroxylation is 1. The maximum Gasteiger partial charge on any atom is 0.434 e. The van der Waals surface area contributed by atoms with Gasteiger partial charge < -0.3 is 14.6 Å². The van der Waals surface area contributed by atoms with Gasteiger partial charge in [0.25, 0.3) is 5.91 Å². The summed E-state index contributed by atoms with van der Waals surface area (Å²) in [4.78, 5) is 13.5. The van der Waals surface area contributed by atoms with Crippen LogP contribution in [0.25, 0.3) is 5.82 Å². The highest BCUT2D eigenvalue weighted by Gasteiger charge is 2.41. The Bertz CT molecular complexity index is 1270. The van der Waals surface area contributed by atoms with Gasteiger partial charge in [-0.05, 0) is 42.1 Å². The zero-order valence-electron chi connectivity index (χ0n) is 17.1. The van der Waals surface area contributed by atoms with Crippen molar-refractivity contribution < 1.29 is 22.7 Å². The number of nitrogens with one attached hydrogen (secondary N) is 1. The van der Waals surface area contributed by atoms with Crippen molar-refractivity contribution in [3.63, 3.8) is 0 Å². The second-order valence-corrected chi connectivity index (χ2v) is 7.60. The summed E-state index contributed by atoms with van der Waals surface area (Å²) in [5, 5.41) is 21.9. The lowest BCUT2D eigenvalue weighted by atomic mass is 10.2. The van der Waals surface area contributed by atoms with Gasteiger partial charge in [-0.1, -0.05) is 0 Å². The molecule has 33 heavy (non-hydrogen) atoms. The molecule has 0 radical (unpaired) electrons. The first-order valence-corrected chi connectivity index (χ1v) is 10.0. The summed E-state index contributed by atoms with van der Waals surface area (Å²) in [6.07, 6.45) is -2.48. The Kier molecular flexibility index (Phi) is 6.00. The molecule has 4 aromatic rings.